The summed E-state index contributed by atoms with van der Waals surface area (Å²) < 4.78 is 1.11. The first kappa shape index (κ1) is 30.1. The molecule has 0 fully saturated rings. The molecule has 0 aliphatic heterocycles. The maximum absolute atomic E-state index is 2.38. The fourth-order valence-corrected chi connectivity index (χ4v) is 4.60. The summed E-state index contributed by atoms with van der Waals surface area (Å²) in [6.07, 6.45) is 26.1. The number of hydrogen-bond acceptors (Lipinski definition) is 1. The average molecular weight is 434 g/mol. The van der Waals surface area contributed by atoms with Gasteiger partial charge in [0.15, 0.2) is 0 Å². The van der Waals surface area contributed by atoms with Crippen LogP contribution in [-0.4, -0.2) is 30.6 Å². The third kappa shape index (κ3) is 19.5. The number of quaternary nitrogens is 1. The highest BCUT2D eigenvalue weighted by atomic mass is 16.0. The second kappa shape index (κ2) is 21.0. The Kier molecular flexibility index (Phi) is 20.4. The van der Waals surface area contributed by atoms with Crippen molar-refractivity contribution >= 4 is 0 Å². The molecular formula is C29H55NO. The first-order valence-electron chi connectivity index (χ1n) is 13.5. The molecule has 0 unspecified atom stereocenters. The van der Waals surface area contributed by atoms with Crippen molar-refractivity contribution in [2.75, 3.05) is 20.6 Å². The predicted molar refractivity (Wildman–Crippen MR) is 138 cm³/mol. The number of nitrogens with zero attached hydrogens (tertiary/aromatic N) is 1. The molecule has 1 aromatic rings. The van der Waals surface area contributed by atoms with Crippen molar-refractivity contribution in [2.45, 2.75) is 129 Å². The van der Waals surface area contributed by atoms with Gasteiger partial charge in [-0.3, -0.25) is 0 Å². The van der Waals surface area contributed by atoms with Crippen LogP contribution >= 0.6 is 0 Å². The summed E-state index contributed by atoms with van der Waals surface area (Å²) in [7, 11) is 4.75. The maximum Gasteiger partial charge on any atom is 0.104 e. The van der Waals surface area contributed by atoms with Gasteiger partial charge in [-0.15, -0.1) is 0 Å². The van der Waals surface area contributed by atoms with Gasteiger partial charge in [0.1, 0.15) is 6.54 Å². The lowest BCUT2D eigenvalue weighted by Gasteiger charge is -2.30. The highest BCUT2D eigenvalue weighted by Crippen LogP contribution is 2.15. The minimum atomic E-state index is 0. The number of hydrogen-bond donors (Lipinski definition) is 0. The molecule has 0 radical (unpaired) electrons. The highest BCUT2D eigenvalue weighted by Gasteiger charge is 2.14. The number of rotatable bonds is 21. The molecule has 0 spiro atoms. The standard InChI is InChI=1S/C29H54N.H2O/c1-4-5-6-7-8-9-10-11-12-13-14-15-16-17-18-19-20-24-27-30(2,3)28-29-25-22-21-23-26-29;/h21-23,25-26H,4-20,24,27-28H2,1-3H3;1H2/q+1;/p-1. The second-order valence-corrected chi connectivity index (χ2v) is 10.3. The van der Waals surface area contributed by atoms with Crippen LogP contribution in [0.1, 0.15) is 128 Å². The molecule has 0 saturated carbocycles. The van der Waals surface area contributed by atoms with Gasteiger partial charge >= 0.3 is 0 Å². The highest BCUT2D eigenvalue weighted by molar-refractivity contribution is 5.13. The van der Waals surface area contributed by atoms with Gasteiger partial charge in [-0.2, -0.15) is 0 Å². The normalized spacial score (nSPS) is 11.5. The van der Waals surface area contributed by atoms with Crippen LogP contribution in [0.5, 0.6) is 0 Å². The van der Waals surface area contributed by atoms with Crippen LogP contribution in [0, 0.1) is 0 Å². The summed E-state index contributed by atoms with van der Waals surface area (Å²) in [4.78, 5) is 0. The van der Waals surface area contributed by atoms with E-state index in [-0.39, 0.29) is 5.48 Å². The Balaban J connectivity index is 0.00000900. The summed E-state index contributed by atoms with van der Waals surface area (Å²) >= 11 is 0. The van der Waals surface area contributed by atoms with Crippen LogP contribution in [-0.2, 0) is 6.54 Å². The maximum atomic E-state index is 2.38. The molecule has 1 rings (SSSR count). The van der Waals surface area contributed by atoms with Crippen LogP contribution in [0.15, 0.2) is 30.3 Å². The van der Waals surface area contributed by atoms with E-state index in [4.69, 9.17) is 0 Å². The summed E-state index contributed by atoms with van der Waals surface area (Å²) in [5, 5.41) is 0. The van der Waals surface area contributed by atoms with Crippen molar-refractivity contribution in [1.82, 2.24) is 0 Å². The van der Waals surface area contributed by atoms with Crippen LogP contribution in [0.2, 0.25) is 0 Å². The van der Waals surface area contributed by atoms with Crippen molar-refractivity contribution in [3.63, 3.8) is 0 Å². The summed E-state index contributed by atoms with van der Waals surface area (Å²) in [5.74, 6) is 0. The van der Waals surface area contributed by atoms with Gasteiger partial charge in [-0.25, -0.2) is 0 Å². The fraction of sp³-hybridized carbons (Fsp3) is 0.793. The Labute approximate surface area is 195 Å². The van der Waals surface area contributed by atoms with Crippen LogP contribution in [0.3, 0.4) is 0 Å². The van der Waals surface area contributed by atoms with Gasteiger partial charge in [0.05, 0.1) is 20.6 Å². The van der Waals surface area contributed by atoms with Crippen LogP contribution in [0.4, 0.5) is 0 Å². The first-order valence-corrected chi connectivity index (χ1v) is 13.5. The molecule has 0 atom stereocenters. The molecule has 1 N–H and O–H groups in total. The van der Waals surface area contributed by atoms with Gasteiger partial charge in [0.25, 0.3) is 0 Å². The monoisotopic (exact) mass is 433 g/mol. The first-order chi connectivity index (χ1) is 14.6. The van der Waals surface area contributed by atoms with E-state index in [1.165, 1.54) is 128 Å². The molecule has 2 heteroatoms. The Hall–Kier alpha value is -0.860. The van der Waals surface area contributed by atoms with Gasteiger partial charge in [0, 0.05) is 5.56 Å². The molecule has 0 saturated heterocycles. The van der Waals surface area contributed by atoms with Gasteiger partial charge in [-0.05, 0) is 12.8 Å². The zero-order valence-corrected chi connectivity index (χ0v) is 21.4. The van der Waals surface area contributed by atoms with E-state index in [9.17, 15) is 0 Å². The van der Waals surface area contributed by atoms with E-state index in [2.05, 4.69) is 51.4 Å². The molecular weight excluding hydrogens is 378 g/mol. The Morgan fingerprint density at radius 1 is 0.516 bits per heavy atom. The number of unbranched alkanes of at least 4 members (excludes halogenated alkanes) is 17. The summed E-state index contributed by atoms with van der Waals surface area (Å²) in [5.41, 5.74) is 1.46. The Morgan fingerprint density at radius 2 is 0.871 bits per heavy atom. The molecule has 182 valence electrons. The number of benzene rings is 1. The van der Waals surface area contributed by atoms with E-state index in [1.807, 2.05) is 0 Å². The second-order valence-electron chi connectivity index (χ2n) is 10.3. The Morgan fingerprint density at radius 3 is 1.26 bits per heavy atom. The molecule has 1 aromatic carbocycles. The Bertz CT molecular complexity index is 471. The lowest BCUT2D eigenvalue weighted by atomic mass is 10.0. The summed E-state index contributed by atoms with van der Waals surface area (Å²) in [6.45, 7) is 4.75. The topological polar surface area (TPSA) is 30.0 Å². The van der Waals surface area contributed by atoms with Gasteiger partial charge < -0.3 is 9.96 Å². The van der Waals surface area contributed by atoms with Crippen LogP contribution in [0.25, 0.3) is 0 Å². The molecule has 0 heterocycles. The van der Waals surface area contributed by atoms with E-state index >= 15 is 0 Å². The average Bonchev–Trinajstić information content (AvgIpc) is 2.73. The smallest absolute Gasteiger partial charge is 0.104 e. The predicted octanol–water partition coefficient (Wildman–Crippen LogP) is 9.13. The quantitative estimate of drug-likeness (QED) is 0.140. The lowest BCUT2D eigenvalue weighted by molar-refractivity contribution is -0.903. The zero-order chi connectivity index (χ0) is 21.8. The van der Waals surface area contributed by atoms with Crippen LogP contribution < -0.4 is 0 Å². The fourth-order valence-electron chi connectivity index (χ4n) is 4.60. The third-order valence-electron chi connectivity index (χ3n) is 6.57. The largest absolute Gasteiger partial charge is 0.870 e. The van der Waals surface area contributed by atoms with E-state index < -0.39 is 0 Å². The van der Waals surface area contributed by atoms with Crippen molar-refractivity contribution in [2.24, 2.45) is 0 Å². The van der Waals surface area contributed by atoms with E-state index in [0.717, 1.165) is 11.0 Å². The molecule has 0 bridgehead atoms. The van der Waals surface area contributed by atoms with Gasteiger partial charge in [-0.1, -0.05) is 140 Å². The minimum Gasteiger partial charge on any atom is -0.870 e. The molecule has 31 heavy (non-hydrogen) atoms. The summed E-state index contributed by atoms with van der Waals surface area (Å²) in [6, 6.07) is 10.9. The van der Waals surface area contributed by atoms with E-state index in [0.29, 0.717) is 0 Å². The van der Waals surface area contributed by atoms with Crippen molar-refractivity contribution in [1.29, 1.82) is 0 Å². The SMILES string of the molecule is CCCCCCCCCCCCCCCCCCCC[N+](C)(C)Cc1ccccc1.[OH-]. The molecule has 0 aromatic heterocycles. The van der Waals surface area contributed by atoms with E-state index in [1.54, 1.807) is 0 Å². The molecule has 0 aliphatic carbocycles. The van der Waals surface area contributed by atoms with Crippen molar-refractivity contribution in [3.05, 3.63) is 35.9 Å². The minimum absolute atomic E-state index is 0. The lowest BCUT2D eigenvalue weighted by Crippen LogP contribution is -2.39. The third-order valence-corrected chi connectivity index (χ3v) is 6.57. The molecule has 0 amide bonds. The zero-order valence-electron chi connectivity index (χ0n) is 21.4. The van der Waals surface area contributed by atoms with Crippen molar-refractivity contribution < 1.29 is 9.96 Å². The van der Waals surface area contributed by atoms with Crippen molar-refractivity contribution in [3.8, 4) is 0 Å². The molecule has 0 aliphatic rings. The molecule has 2 nitrogen and oxygen atoms in total. The van der Waals surface area contributed by atoms with Gasteiger partial charge in [0.2, 0.25) is 0 Å².